The Balaban J connectivity index is 1.64. The minimum absolute atomic E-state index is 0.0378. The maximum Gasteiger partial charge on any atom is 0.196 e. The molecule has 1 atom stereocenters. The Morgan fingerprint density at radius 2 is 2.03 bits per heavy atom. The lowest BCUT2D eigenvalue weighted by atomic mass is 10.00. The van der Waals surface area contributed by atoms with Gasteiger partial charge in [0.1, 0.15) is 10.8 Å². The molecule has 3 aromatic rings. The van der Waals surface area contributed by atoms with Gasteiger partial charge in [0.2, 0.25) is 0 Å². The van der Waals surface area contributed by atoms with Crippen molar-refractivity contribution in [3.8, 4) is 5.75 Å². The number of carbonyl (C=O) groups is 1. The van der Waals surface area contributed by atoms with Gasteiger partial charge in [-0.15, -0.1) is 11.3 Å². The van der Waals surface area contributed by atoms with E-state index in [1.54, 1.807) is 25.6 Å². The molecule has 0 spiro atoms. The predicted octanol–water partition coefficient (Wildman–Crippen LogP) is 5.58. The number of thiophene rings is 1. The summed E-state index contributed by atoms with van der Waals surface area (Å²) in [4.78, 5) is 18.1. The second kappa shape index (κ2) is 9.91. The van der Waals surface area contributed by atoms with Gasteiger partial charge in [-0.2, -0.15) is 0 Å². The van der Waals surface area contributed by atoms with Crippen molar-refractivity contribution in [3.05, 3.63) is 57.6 Å². The molecule has 0 amide bonds. The summed E-state index contributed by atoms with van der Waals surface area (Å²) in [6.45, 7) is 2.70. The number of anilines is 1. The molecular formula is C25H29BrN2O3S. The first-order chi connectivity index (χ1) is 15.4. The Morgan fingerprint density at radius 3 is 2.72 bits per heavy atom. The van der Waals surface area contributed by atoms with E-state index in [1.807, 2.05) is 49.3 Å². The molecule has 1 saturated heterocycles. The third kappa shape index (κ3) is 4.57. The van der Waals surface area contributed by atoms with Gasteiger partial charge in [-0.3, -0.25) is 9.69 Å². The molecule has 1 aromatic heterocycles. The summed E-state index contributed by atoms with van der Waals surface area (Å²) in [6, 6.07) is 12.3. The van der Waals surface area contributed by atoms with Crippen molar-refractivity contribution in [3.63, 3.8) is 0 Å². The van der Waals surface area contributed by atoms with Crippen LogP contribution in [0.4, 0.5) is 5.00 Å². The maximum atomic E-state index is 13.6. The number of methoxy groups -OCH3 is 2. The number of ether oxygens (including phenoxy) is 2. The first-order valence-corrected chi connectivity index (χ1v) is 12.4. The smallest absolute Gasteiger partial charge is 0.196 e. The van der Waals surface area contributed by atoms with Crippen LogP contribution >= 0.6 is 27.3 Å². The maximum absolute atomic E-state index is 13.6. The van der Waals surface area contributed by atoms with Crippen molar-refractivity contribution in [2.45, 2.75) is 25.4 Å². The predicted molar refractivity (Wildman–Crippen MR) is 136 cm³/mol. The van der Waals surface area contributed by atoms with Gasteiger partial charge in [-0.05, 0) is 49.2 Å². The van der Waals surface area contributed by atoms with E-state index in [-0.39, 0.29) is 5.78 Å². The molecular weight excluding hydrogens is 488 g/mol. The number of hydrogen-bond acceptors (Lipinski definition) is 6. The van der Waals surface area contributed by atoms with Crippen LogP contribution in [0.3, 0.4) is 0 Å². The number of fused-ring (bicyclic) bond motifs is 1. The number of ketones is 1. The van der Waals surface area contributed by atoms with Crippen molar-refractivity contribution in [1.29, 1.82) is 0 Å². The van der Waals surface area contributed by atoms with Crippen molar-refractivity contribution in [2.75, 3.05) is 46.4 Å². The number of nitrogens with zero attached hydrogens (tertiary/aromatic N) is 2. The lowest BCUT2D eigenvalue weighted by Gasteiger charge is -2.24. The zero-order valence-corrected chi connectivity index (χ0v) is 21.4. The van der Waals surface area contributed by atoms with Gasteiger partial charge in [0.05, 0.1) is 19.3 Å². The molecule has 0 unspecified atom stereocenters. The molecule has 2 aromatic carbocycles. The average molecular weight is 517 g/mol. The van der Waals surface area contributed by atoms with Gasteiger partial charge < -0.3 is 14.4 Å². The fraction of sp³-hybridized carbons (Fsp3) is 0.400. The zero-order valence-electron chi connectivity index (χ0n) is 19.0. The van der Waals surface area contributed by atoms with Crippen LogP contribution in [0.1, 0.15) is 34.3 Å². The van der Waals surface area contributed by atoms with Crippen LogP contribution in [0, 0.1) is 0 Å². The first kappa shape index (κ1) is 23.2. The van der Waals surface area contributed by atoms with E-state index in [2.05, 4.69) is 26.9 Å². The van der Waals surface area contributed by atoms with Gasteiger partial charge >= 0.3 is 0 Å². The quantitative estimate of drug-likeness (QED) is 0.365. The van der Waals surface area contributed by atoms with E-state index in [0.717, 1.165) is 50.6 Å². The third-order valence-corrected chi connectivity index (χ3v) is 8.12. The van der Waals surface area contributed by atoms with Crippen LogP contribution in [-0.4, -0.2) is 58.2 Å². The van der Waals surface area contributed by atoms with Crippen LogP contribution in [-0.2, 0) is 11.3 Å². The van der Waals surface area contributed by atoms with Crippen molar-refractivity contribution in [2.24, 2.45) is 0 Å². The van der Waals surface area contributed by atoms with Crippen molar-refractivity contribution >= 4 is 48.1 Å². The summed E-state index contributed by atoms with van der Waals surface area (Å²) < 4.78 is 12.8. The molecule has 1 aliphatic rings. The summed E-state index contributed by atoms with van der Waals surface area (Å²) in [7, 11) is 7.37. The van der Waals surface area contributed by atoms with Gasteiger partial charge in [-0.1, -0.05) is 28.1 Å². The lowest BCUT2D eigenvalue weighted by molar-refractivity contribution is 0.104. The summed E-state index contributed by atoms with van der Waals surface area (Å²) in [6.07, 6.45) is 2.37. The number of hydrogen-bond donors (Lipinski definition) is 0. The average Bonchev–Trinajstić information content (AvgIpc) is 3.38. The second-order valence-electron chi connectivity index (χ2n) is 8.40. The highest BCUT2D eigenvalue weighted by atomic mass is 79.9. The molecule has 4 rings (SSSR count). The monoisotopic (exact) mass is 516 g/mol. The summed E-state index contributed by atoms with van der Waals surface area (Å²) in [5, 5.41) is 1.92. The normalized spacial score (nSPS) is 16.6. The molecule has 32 heavy (non-hydrogen) atoms. The van der Waals surface area contributed by atoms with Crippen LogP contribution in [0.5, 0.6) is 5.75 Å². The summed E-state index contributed by atoms with van der Waals surface area (Å²) in [5.41, 5.74) is 2.63. The molecule has 170 valence electrons. The number of carbonyl (C=O) groups excluding carboxylic acids is 1. The summed E-state index contributed by atoms with van der Waals surface area (Å²) in [5.74, 6) is 0.833. The zero-order chi connectivity index (χ0) is 22.8. The van der Waals surface area contributed by atoms with Crippen LogP contribution < -0.4 is 9.64 Å². The molecule has 0 bridgehead atoms. The van der Waals surface area contributed by atoms with E-state index >= 15 is 0 Å². The van der Waals surface area contributed by atoms with Crippen molar-refractivity contribution in [1.82, 2.24) is 4.90 Å². The molecule has 5 nitrogen and oxygen atoms in total. The van der Waals surface area contributed by atoms with E-state index < -0.39 is 0 Å². The van der Waals surface area contributed by atoms with E-state index in [4.69, 9.17) is 9.47 Å². The molecule has 2 heterocycles. The standard InChI is InChI=1S/C25H29BrN2O3S/c1-27(2)25-23(20-10-9-19(31-4)13-22(20)32-25)24(29)16-7-8-17(21(26)12-16)14-28-11-5-6-18(28)15-30-3/h7-10,12-13,18H,5-6,11,14-15H2,1-4H3/t18-/m0/s1. The Morgan fingerprint density at radius 1 is 1.22 bits per heavy atom. The van der Waals surface area contributed by atoms with E-state index in [9.17, 15) is 4.79 Å². The Labute approximate surface area is 202 Å². The van der Waals surface area contributed by atoms with Gasteiger partial charge in [-0.25, -0.2) is 0 Å². The molecule has 1 fully saturated rings. The Bertz CT molecular complexity index is 1130. The highest BCUT2D eigenvalue weighted by Crippen LogP contribution is 2.40. The molecule has 0 saturated carbocycles. The second-order valence-corrected chi connectivity index (χ2v) is 10.3. The van der Waals surface area contributed by atoms with E-state index in [1.165, 1.54) is 18.4 Å². The molecule has 0 radical (unpaired) electrons. The third-order valence-electron chi connectivity index (χ3n) is 6.06. The Kier molecular flexibility index (Phi) is 7.20. The molecule has 1 aliphatic heterocycles. The van der Waals surface area contributed by atoms with Gasteiger partial charge in [0.25, 0.3) is 0 Å². The first-order valence-electron chi connectivity index (χ1n) is 10.8. The lowest BCUT2D eigenvalue weighted by Crippen LogP contribution is -2.32. The van der Waals surface area contributed by atoms with E-state index in [0.29, 0.717) is 11.6 Å². The number of halogens is 1. The van der Waals surface area contributed by atoms with Gasteiger partial charge in [0.15, 0.2) is 5.78 Å². The largest absolute Gasteiger partial charge is 0.497 e. The SMILES string of the molecule is COC[C@@H]1CCCN1Cc1ccc(C(=O)c2c(N(C)C)sc3cc(OC)ccc23)cc1Br. The fourth-order valence-corrected chi connectivity index (χ4v) is 6.04. The molecule has 0 N–H and O–H groups in total. The highest BCUT2D eigenvalue weighted by Gasteiger charge is 2.26. The van der Waals surface area contributed by atoms with Crippen LogP contribution in [0.15, 0.2) is 40.9 Å². The van der Waals surface area contributed by atoms with Crippen LogP contribution in [0.2, 0.25) is 0 Å². The minimum atomic E-state index is 0.0378. The molecule has 7 heteroatoms. The minimum Gasteiger partial charge on any atom is -0.497 e. The van der Waals surface area contributed by atoms with Crippen molar-refractivity contribution < 1.29 is 14.3 Å². The van der Waals surface area contributed by atoms with Crippen LogP contribution in [0.25, 0.3) is 10.1 Å². The Hall–Kier alpha value is -1.93. The highest BCUT2D eigenvalue weighted by molar-refractivity contribution is 9.10. The number of benzene rings is 2. The molecule has 0 aliphatic carbocycles. The summed E-state index contributed by atoms with van der Waals surface area (Å²) >= 11 is 5.34. The number of likely N-dealkylation sites (tertiary alicyclic amines) is 1. The number of rotatable bonds is 8. The fourth-order valence-electron chi connectivity index (χ4n) is 4.39. The van der Waals surface area contributed by atoms with Gasteiger partial charge in [0, 0.05) is 53.9 Å². The topological polar surface area (TPSA) is 42.0 Å².